The van der Waals surface area contributed by atoms with Crippen molar-refractivity contribution in [2.45, 2.75) is 25.9 Å². The van der Waals surface area contributed by atoms with Crippen LogP contribution in [0.3, 0.4) is 0 Å². The molecule has 0 aromatic heterocycles. The van der Waals surface area contributed by atoms with Gasteiger partial charge in [0.25, 0.3) is 0 Å². The van der Waals surface area contributed by atoms with Crippen LogP contribution in [0.25, 0.3) is 0 Å². The van der Waals surface area contributed by atoms with Crippen LogP contribution >= 0.6 is 15.9 Å². The van der Waals surface area contributed by atoms with Gasteiger partial charge in [0, 0.05) is 29.8 Å². The number of amides is 1. The minimum atomic E-state index is -0.472. The van der Waals surface area contributed by atoms with Crippen LogP contribution in [0, 0.1) is 0 Å². The third kappa shape index (κ3) is 2.52. The Bertz CT molecular complexity index is 473. The van der Waals surface area contributed by atoms with Crippen LogP contribution in [0.1, 0.15) is 19.4 Å². The second kappa shape index (κ2) is 4.90. The van der Waals surface area contributed by atoms with Crippen molar-refractivity contribution in [3.8, 4) is 0 Å². The number of carbonyl (C=O) groups is 1. The van der Waals surface area contributed by atoms with Crippen LogP contribution in [0.4, 0.5) is 5.69 Å². The van der Waals surface area contributed by atoms with E-state index in [-0.39, 0.29) is 5.91 Å². The number of rotatable bonds is 2. The Morgan fingerprint density at radius 1 is 1.50 bits per heavy atom. The van der Waals surface area contributed by atoms with Crippen molar-refractivity contribution in [3.05, 3.63) is 28.2 Å². The molecular formula is C13H18BrN3O. The molecule has 5 heteroatoms. The van der Waals surface area contributed by atoms with Crippen LogP contribution in [0.2, 0.25) is 0 Å². The highest BCUT2D eigenvalue weighted by Gasteiger charge is 2.37. The van der Waals surface area contributed by atoms with Crippen molar-refractivity contribution in [1.29, 1.82) is 0 Å². The number of anilines is 1. The van der Waals surface area contributed by atoms with Crippen molar-refractivity contribution in [3.63, 3.8) is 0 Å². The molecular weight excluding hydrogens is 294 g/mol. The third-order valence-electron chi connectivity index (χ3n) is 3.45. The lowest BCUT2D eigenvalue weighted by molar-refractivity contribution is -0.135. The number of nitrogens with two attached hydrogens (primary N) is 1. The number of nitrogens with zero attached hydrogens (tertiary/aromatic N) is 1. The number of hydrogen-bond acceptors (Lipinski definition) is 3. The summed E-state index contributed by atoms with van der Waals surface area (Å²) in [5.74, 6) is 0.0823. The molecule has 1 aromatic rings. The lowest BCUT2D eigenvalue weighted by atomic mass is 9.98. The molecule has 1 saturated heterocycles. The minimum absolute atomic E-state index is 0.0823. The summed E-state index contributed by atoms with van der Waals surface area (Å²) in [6, 6.07) is 5.93. The summed E-state index contributed by atoms with van der Waals surface area (Å²) in [6.07, 6.45) is 0. The highest BCUT2D eigenvalue weighted by Crippen LogP contribution is 2.24. The number of benzene rings is 1. The molecule has 1 fully saturated rings. The van der Waals surface area contributed by atoms with E-state index >= 15 is 0 Å². The summed E-state index contributed by atoms with van der Waals surface area (Å²) >= 11 is 3.38. The van der Waals surface area contributed by atoms with Gasteiger partial charge in [-0.2, -0.15) is 0 Å². The van der Waals surface area contributed by atoms with Crippen LogP contribution in [-0.4, -0.2) is 29.4 Å². The van der Waals surface area contributed by atoms with Gasteiger partial charge in [0.1, 0.15) is 0 Å². The van der Waals surface area contributed by atoms with Crippen LogP contribution in [-0.2, 0) is 11.3 Å². The first-order valence-electron chi connectivity index (χ1n) is 5.98. The summed E-state index contributed by atoms with van der Waals surface area (Å²) in [5.41, 5.74) is 7.26. The average molecular weight is 312 g/mol. The maximum atomic E-state index is 11.9. The predicted octanol–water partition coefficient (Wildman–Crippen LogP) is 1.74. The summed E-state index contributed by atoms with van der Waals surface area (Å²) in [6.45, 7) is 6.19. The fourth-order valence-corrected chi connectivity index (χ4v) is 2.38. The van der Waals surface area contributed by atoms with Gasteiger partial charge >= 0.3 is 0 Å². The molecule has 0 radical (unpaired) electrons. The van der Waals surface area contributed by atoms with E-state index in [4.69, 9.17) is 5.73 Å². The van der Waals surface area contributed by atoms with E-state index in [1.165, 1.54) is 0 Å². The fourth-order valence-electron chi connectivity index (χ4n) is 2.13. The van der Waals surface area contributed by atoms with Gasteiger partial charge in [-0.05, 0) is 47.5 Å². The molecule has 1 aromatic carbocycles. The zero-order valence-electron chi connectivity index (χ0n) is 10.7. The second-order valence-corrected chi connectivity index (χ2v) is 5.95. The van der Waals surface area contributed by atoms with Gasteiger partial charge in [0.15, 0.2) is 0 Å². The minimum Gasteiger partial charge on any atom is -0.398 e. The van der Waals surface area contributed by atoms with Gasteiger partial charge < -0.3 is 11.1 Å². The molecule has 0 spiro atoms. The number of hydrogen-bond donors (Lipinski definition) is 2. The van der Waals surface area contributed by atoms with Gasteiger partial charge in [0.05, 0.1) is 5.54 Å². The van der Waals surface area contributed by atoms with Crippen LogP contribution in [0.5, 0.6) is 0 Å². The monoisotopic (exact) mass is 311 g/mol. The van der Waals surface area contributed by atoms with Crippen molar-refractivity contribution < 1.29 is 4.79 Å². The first-order valence-corrected chi connectivity index (χ1v) is 6.78. The van der Waals surface area contributed by atoms with E-state index < -0.39 is 5.54 Å². The number of carbonyl (C=O) groups excluding carboxylic acids is 1. The summed E-state index contributed by atoms with van der Waals surface area (Å²) in [4.78, 5) is 14.0. The molecule has 1 aliphatic heterocycles. The maximum Gasteiger partial charge on any atom is 0.240 e. The van der Waals surface area contributed by atoms with E-state index in [1.807, 2.05) is 32.0 Å². The number of nitrogens with one attached hydrogen (secondary N) is 1. The SMILES string of the molecule is CC1(C)C(=O)NCCN1Cc1ccc(Br)c(N)c1. The van der Waals surface area contributed by atoms with Crippen LogP contribution < -0.4 is 11.1 Å². The Kier molecular flexibility index (Phi) is 3.64. The Morgan fingerprint density at radius 2 is 2.22 bits per heavy atom. The quantitative estimate of drug-likeness (QED) is 0.818. The summed E-state index contributed by atoms with van der Waals surface area (Å²) in [7, 11) is 0. The predicted molar refractivity (Wildman–Crippen MR) is 76.1 cm³/mol. The Labute approximate surface area is 116 Å². The fraction of sp³-hybridized carbons (Fsp3) is 0.462. The molecule has 98 valence electrons. The second-order valence-electron chi connectivity index (χ2n) is 5.09. The molecule has 0 unspecified atom stereocenters. The molecule has 3 N–H and O–H groups in total. The van der Waals surface area contributed by atoms with Crippen molar-refractivity contribution in [2.24, 2.45) is 0 Å². The average Bonchev–Trinajstić information content (AvgIpc) is 2.30. The molecule has 0 atom stereocenters. The normalized spacial score (nSPS) is 19.6. The Morgan fingerprint density at radius 3 is 2.89 bits per heavy atom. The van der Waals surface area contributed by atoms with Crippen molar-refractivity contribution in [2.75, 3.05) is 18.8 Å². The number of nitrogen functional groups attached to an aromatic ring is 1. The van der Waals surface area contributed by atoms with E-state index in [9.17, 15) is 4.79 Å². The largest absolute Gasteiger partial charge is 0.398 e. The topological polar surface area (TPSA) is 58.4 Å². The van der Waals surface area contributed by atoms with Gasteiger partial charge in [-0.25, -0.2) is 0 Å². The molecule has 0 aliphatic carbocycles. The van der Waals surface area contributed by atoms with Crippen molar-refractivity contribution >= 4 is 27.5 Å². The van der Waals surface area contributed by atoms with Gasteiger partial charge in [0.2, 0.25) is 5.91 Å². The third-order valence-corrected chi connectivity index (χ3v) is 4.17. The first-order chi connectivity index (χ1) is 8.41. The molecule has 0 bridgehead atoms. The maximum absolute atomic E-state index is 11.9. The lowest BCUT2D eigenvalue weighted by Gasteiger charge is -2.41. The molecule has 1 aliphatic rings. The van der Waals surface area contributed by atoms with E-state index in [1.54, 1.807) is 0 Å². The van der Waals surface area contributed by atoms with E-state index in [2.05, 4.69) is 26.1 Å². The standard InChI is InChI=1S/C13H18BrN3O/c1-13(2)12(18)16-5-6-17(13)8-9-3-4-10(14)11(15)7-9/h3-4,7H,5-6,8,15H2,1-2H3,(H,16,18). The Hall–Kier alpha value is -1.07. The first kappa shape index (κ1) is 13.4. The molecule has 4 nitrogen and oxygen atoms in total. The van der Waals surface area contributed by atoms with Gasteiger partial charge in [-0.1, -0.05) is 6.07 Å². The van der Waals surface area contributed by atoms with Crippen molar-refractivity contribution in [1.82, 2.24) is 10.2 Å². The molecule has 0 saturated carbocycles. The smallest absolute Gasteiger partial charge is 0.240 e. The zero-order valence-corrected chi connectivity index (χ0v) is 12.3. The molecule has 18 heavy (non-hydrogen) atoms. The molecule has 1 amide bonds. The number of halogens is 1. The zero-order chi connectivity index (χ0) is 13.3. The summed E-state index contributed by atoms with van der Waals surface area (Å²) in [5, 5.41) is 2.90. The van der Waals surface area contributed by atoms with Gasteiger partial charge in [-0.3, -0.25) is 9.69 Å². The Balaban J connectivity index is 2.17. The van der Waals surface area contributed by atoms with E-state index in [0.717, 1.165) is 28.8 Å². The van der Waals surface area contributed by atoms with Crippen LogP contribution in [0.15, 0.2) is 22.7 Å². The highest BCUT2D eigenvalue weighted by atomic mass is 79.9. The lowest BCUT2D eigenvalue weighted by Crippen LogP contribution is -2.61. The van der Waals surface area contributed by atoms with E-state index in [0.29, 0.717) is 6.54 Å². The molecule has 2 rings (SSSR count). The number of piperazine rings is 1. The van der Waals surface area contributed by atoms with Gasteiger partial charge in [-0.15, -0.1) is 0 Å². The summed E-state index contributed by atoms with van der Waals surface area (Å²) < 4.78 is 0.905. The highest BCUT2D eigenvalue weighted by molar-refractivity contribution is 9.10. The molecule has 1 heterocycles.